The van der Waals surface area contributed by atoms with E-state index in [2.05, 4.69) is 13.2 Å². The molecule has 67 heavy (non-hydrogen) atoms. The molecule has 0 aromatic heterocycles. The summed E-state index contributed by atoms with van der Waals surface area (Å²) in [6.07, 6.45) is 23.7. The van der Waals surface area contributed by atoms with Gasteiger partial charge in [-0.3, -0.25) is 0 Å². The van der Waals surface area contributed by atoms with E-state index in [9.17, 15) is 19.2 Å². The number of ether oxygens (including phenoxy) is 4. The second-order valence-corrected chi connectivity index (χ2v) is 17.3. The lowest BCUT2D eigenvalue weighted by Crippen LogP contribution is -2.24. The van der Waals surface area contributed by atoms with E-state index in [0.717, 1.165) is 92.4 Å². The summed E-state index contributed by atoms with van der Waals surface area (Å²) in [5, 5.41) is 0. The number of nitrogen functional groups attached to an aromatic ring is 4. The Hall–Kier alpha value is -7.08. The molecule has 6 rings (SSSR count). The van der Waals surface area contributed by atoms with Gasteiger partial charge in [0.05, 0.1) is 11.1 Å². The molecule has 0 atom stereocenters. The van der Waals surface area contributed by atoms with Gasteiger partial charge in [-0.05, 0) is 184 Å². The van der Waals surface area contributed by atoms with Crippen molar-refractivity contribution in [1.29, 1.82) is 0 Å². The molecule has 2 saturated carbocycles. The van der Waals surface area contributed by atoms with Crippen LogP contribution in [0, 0.1) is 11.8 Å². The Morgan fingerprint density at radius 1 is 0.507 bits per heavy atom. The Morgan fingerprint density at radius 3 is 1.25 bits per heavy atom. The van der Waals surface area contributed by atoms with Crippen LogP contribution in [0.4, 0.5) is 22.7 Å². The zero-order valence-corrected chi connectivity index (χ0v) is 38.5. The summed E-state index contributed by atoms with van der Waals surface area (Å²) in [7, 11) is 0. The first-order valence-corrected chi connectivity index (χ1v) is 23.2. The van der Waals surface area contributed by atoms with Gasteiger partial charge in [-0.25, -0.2) is 19.2 Å². The number of carbonyl (C=O) groups is 4. The van der Waals surface area contributed by atoms with Crippen molar-refractivity contribution in [3.8, 4) is 0 Å². The van der Waals surface area contributed by atoms with Gasteiger partial charge in [0.15, 0.2) is 0 Å². The first-order valence-electron chi connectivity index (χ1n) is 23.2. The predicted molar refractivity (Wildman–Crippen MR) is 267 cm³/mol. The molecule has 0 amide bonds. The Bertz CT molecular complexity index is 2280. The molecule has 12 nitrogen and oxygen atoms in total. The normalized spacial score (nSPS) is 18.0. The molecule has 0 bridgehead atoms. The summed E-state index contributed by atoms with van der Waals surface area (Å²) >= 11 is 0. The van der Waals surface area contributed by atoms with Crippen molar-refractivity contribution < 1.29 is 38.1 Å². The molecule has 12 heteroatoms. The summed E-state index contributed by atoms with van der Waals surface area (Å²) in [5.74, 6) is -0.128. The number of nitrogens with two attached hydrogens (primary N) is 4. The van der Waals surface area contributed by atoms with E-state index >= 15 is 0 Å². The van der Waals surface area contributed by atoms with Crippen LogP contribution in [0.1, 0.15) is 126 Å². The van der Waals surface area contributed by atoms with Gasteiger partial charge in [0.2, 0.25) is 0 Å². The van der Waals surface area contributed by atoms with Crippen molar-refractivity contribution in [2.45, 2.75) is 109 Å². The molecule has 0 unspecified atom stereocenters. The molecule has 4 aromatic carbocycles. The maximum Gasteiger partial charge on any atom is 0.338 e. The number of hydrogen-bond acceptors (Lipinski definition) is 12. The molecule has 0 radical (unpaired) electrons. The lowest BCUT2D eigenvalue weighted by molar-refractivity contribution is -0.139. The van der Waals surface area contributed by atoms with Crippen molar-refractivity contribution >= 4 is 58.8 Å². The van der Waals surface area contributed by atoms with E-state index in [-0.39, 0.29) is 37.4 Å². The maximum absolute atomic E-state index is 12.5. The monoisotopic (exact) mass is 910 g/mol. The summed E-state index contributed by atoms with van der Waals surface area (Å²) in [5.41, 5.74) is 29.1. The van der Waals surface area contributed by atoms with E-state index < -0.39 is 11.9 Å². The highest BCUT2D eigenvalue weighted by Gasteiger charge is 2.25. The molecule has 0 spiro atoms. The zero-order chi connectivity index (χ0) is 48.0. The SMILES string of the molecule is C=CCCC1CCC(OC(=O)c2ccc(/C=C/C(=O)OCc3cc(N)cc(N)c3)cc2)CC1.C=CCCCC1CCC(OC(=O)c2ccc(/C=C/C(=O)OCc3cc(N)cc(N)c3)cc2)CC1. The fourth-order valence-electron chi connectivity index (χ4n) is 8.27. The minimum Gasteiger partial charge on any atom is -0.459 e. The Balaban J connectivity index is 0.000000251. The predicted octanol–water partition coefficient (Wildman–Crippen LogP) is 11.0. The summed E-state index contributed by atoms with van der Waals surface area (Å²) in [6, 6.07) is 24.0. The fraction of sp³-hybridized carbons (Fsp3) is 0.345. The standard InChI is InChI=1S/C28H34N2O4.C27H32N2O4/c1-2-3-4-5-20-8-13-26(14-9-20)34-28(32)23-11-6-21(7-12-23)10-15-27(31)33-19-22-16-24(29)18-25(30)17-22;1-2-3-4-19-7-12-25(13-8-19)33-27(31)22-10-5-20(6-11-22)9-14-26(30)32-18-21-15-23(28)17-24(29)16-21/h2,6-7,10-12,15-18,20,26H,1,3-5,8-9,13-14,19,29-30H2;2,5-6,9-11,14-17,19,25H,1,3-4,7-8,12-13,18,28-29H2/b15-10+;14-9+. The second kappa shape index (κ2) is 26.8. The minimum absolute atomic E-state index is 0.00666. The third-order valence-electron chi connectivity index (χ3n) is 11.9. The van der Waals surface area contributed by atoms with E-state index in [1.165, 1.54) is 31.4 Å². The third kappa shape index (κ3) is 18.4. The largest absolute Gasteiger partial charge is 0.459 e. The molecule has 8 N–H and O–H groups in total. The second-order valence-electron chi connectivity index (χ2n) is 17.3. The molecule has 2 fully saturated rings. The van der Waals surface area contributed by atoms with Crippen LogP contribution in [0.15, 0.2) is 122 Å². The van der Waals surface area contributed by atoms with Crippen molar-refractivity contribution in [2.24, 2.45) is 11.8 Å². The maximum atomic E-state index is 12.5. The van der Waals surface area contributed by atoms with Crippen LogP contribution in [0.3, 0.4) is 0 Å². The van der Waals surface area contributed by atoms with Crippen molar-refractivity contribution in [1.82, 2.24) is 0 Å². The molecular weight excluding hydrogens is 845 g/mol. The van der Waals surface area contributed by atoms with Gasteiger partial charge < -0.3 is 41.9 Å². The molecule has 2 aliphatic carbocycles. The van der Waals surface area contributed by atoms with Gasteiger partial charge in [-0.2, -0.15) is 0 Å². The molecule has 0 saturated heterocycles. The van der Waals surface area contributed by atoms with E-state index in [0.29, 0.717) is 39.8 Å². The highest BCUT2D eigenvalue weighted by atomic mass is 16.6. The Morgan fingerprint density at radius 2 is 0.881 bits per heavy atom. The van der Waals surface area contributed by atoms with Crippen LogP contribution in [-0.4, -0.2) is 36.1 Å². The molecule has 2 aliphatic rings. The number of benzene rings is 4. The van der Waals surface area contributed by atoms with Gasteiger partial charge in [0, 0.05) is 34.9 Å². The average Bonchev–Trinajstić information content (AvgIpc) is 3.31. The van der Waals surface area contributed by atoms with Gasteiger partial charge in [-0.1, -0.05) is 42.8 Å². The molecular formula is C55H66N4O8. The fourth-order valence-corrected chi connectivity index (χ4v) is 8.27. The van der Waals surface area contributed by atoms with Crippen molar-refractivity contribution in [3.63, 3.8) is 0 Å². The van der Waals surface area contributed by atoms with Gasteiger partial charge in [-0.15, -0.1) is 13.2 Å². The number of hydrogen-bond donors (Lipinski definition) is 4. The molecule has 4 aromatic rings. The number of rotatable bonds is 19. The number of unbranched alkanes of at least 4 members (excludes halogenated alkanes) is 1. The van der Waals surface area contributed by atoms with Crippen LogP contribution in [0.25, 0.3) is 12.2 Å². The van der Waals surface area contributed by atoms with Gasteiger partial charge >= 0.3 is 23.9 Å². The number of esters is 4. The van der Waals surface area contributed by atoms with Gasteiger partial charge in [0.25, 0.3) is 0 Å². The van der Waals surface area contributed by atoms with Crippen molar-refractivity contribution in [3.05, 3.63) is 156 Å². The van der Waals surface area contributed by atoms with Crippen LogP contribution >= 0.6 is 0 Å². The van der Waals surface area contributed by atoms with E-state index in [1.807, 2.05) is 12.2 Å². The Kier molecular flexibility index (Phi) is 20.3. The van der Waals surface area contributed by atoms with E-state index in [1.54, 1.807) is 97.1 Å². The van der Waals surface area contributed by atoms with Crippen molar-refractivity contribution in [2.75, 3.05) is 22.9 Å². The molecule has 354 valence electrons. The zero-order valence-electron chi connectivity index (χ0n) is 38.5. The highest BCUT2D eigenvalue weighted by molar-refractivity contribution is 5.91. The summed E-state index contributed by atoms with van der Waals surface area (Å²) < 4.78 is 21.9. The number of allylic oxidation sites excluding steroid dienone is 2. The first-order chi connectivity index (χ1) is 32.3. The topological polar surface area (TPSA) is 209 Å². The first kappa shape index (κ1) is 50.9. The Labute approximate surface area is 395 Å². The summed E-state index contributed by atoms with van der Waals surface area (Å²) in [4.78, 5) is 49.0. The van der Waals surface area contributed by atoms with Gasteiger partial charge in [0.1, 0.15) is 25.4 Å². The molecule has 0 heterocycles. The van der Waals surface area contributed by atoms with Crippen LogP contribution in [0.2, 0.25) is 0 Å². The quantitative estimate of drug-likeness (QED) is 0.0173. The number of carbonyl (C=O) groups excluding carboxylic acids is 4. The molecule has 0 aliphatic heterocycles. The smallest absolute Gasteiger partial charge is 0.338 e. The minimum atomic E-state index is -0.483. The lowest BCUT2D eigenvalue weighted by Gasteiger charge is -2.28. The highest BCUT2D eigenvalue weighted by Crippen LogP contribution is 2.31. The lowest BCUT2D eigenvalue weighted by atomic mass is 9.84. The summed E-state index contributed by atoms with van der Waals surface area (Å²) in [6.45, 7) is 7.72. The number of anilines is 4. The average molecular weight is 911 g/mol. The van der Waals surface area contributed by atoms with Crippen LogP contribution < -0.4 is 22.9 Å². The van der Waals surface area contributed by atoms with E-state index in [4.69, 9.17) is 41.9 Å². The third-order valence-corrected chi connectivity index (χ3v) is 11.9. The van der Waals surface area contributed by atoms with Crippen LogP contribution in [-0.2, 0) is 41.8 Å². The van der Waals surface area contributed by atoms with Crippen LogP contribution in [0.5, 0.6) is 0 Å².